The topological polar surface area (TPSA) is 26.3 Å². The van der Waals surface area contributed by atoms with Crippen molar-refractivity contribution in [3.8, 4) is 0 Å². The van der Waals surface area contributed by atoms with Crippen LogP contribution in [0.15, 0.2) is 12.1 Å². The van der Waals surface area contributed by atoms with Crippen molar-refractivity contribution in [2.45, 2.75) is 5.33 Å². The Bertz CT molecular complexity index is 368. The van der Waals surface area contributed by atoms with Gasteiger partial charge in [-0.15, -0.1) is 0 Å². The fraction of sp³-hybridized carbons (Fsp3) is 0.222. The molecule has 1 aromatic rings. The van der Waals surface area contributed by atoms with Gasteiger partial charge in [0.05, 0.1) is 17.7 Å². The number of alkyl halides is 1. The van der Waals surface area contributed by atoms with Crippen LogP contribution >= 0.6 is 27.5 Å². The average Bonchev–Trinajstić information content (AvgIpc) is 2.20. The van der Waals surface area contributed by atoms with Gasteiger partial charge in [0.1, 0.15) is 5.82 Å². The molecule has 0 aliphatic heterocycles. The smallest absolute Gasteiger partial charge is 0.338 e. The van der Waals surface area contributed by atoms with Crippen molar-refractivity contribution in [1.29, 1.82) is 0 Å². The quantitative estimate of drug-likeness (QED) is 0.615. The SMILES string of the molecule is COC(=O)c1ccc(F)c(Cl)c1CBr. The average molecular weight is 282 g/mol. The third kappa shape index (κ3) is 2.07. The molecule has 0 saturated carbocycles. The number of carbonyl (C=O) groups excluding carboxylic acids is 1. The van der Waals surface area contributed by atoms with Crippen molar-refractivity contribution >= 4 is 33.5 Å². The van der Waals surface area contributed by atoms with Crippen LogP contribution < -0.4 is 0 Å². The van der Waals surface area contributed by atoms with Gasteiger partial charge in [-0.05, 0) is 17.7 Å². The van der Waals surface area contributed by atoms with E-state index in [1.165, 1.54) is 13.2 Å². The summed E-state index contributed by atoms with van der Waals surface area (Å²) in [5.74, 6) is -1.07. The third-order valence-corrected chi connectivity index (χ3v) is 2.70. The Kier molecular flexibility index (Phi) is 3.89. The summed E-state index contributed by atoms with van der Waals surface area (Å²) in [5, 5.41) is 0.248. The molecule has 0 aromatic heterocycles. The van der Waals surface area contributed by atoms with Gasteiger partial charge in [0, 0.05) is 5.33 Å². The molecule has 0 saturated heterocycles. The molecule has 0 fully saturated rings. The number of hydrogen-bond acceptors (Lipinski definition) is 2. The molecule has 0 bridgehead atoms. The van der Waals surface area contributed by atoms with E-state index >= 15 is 0 Å². The van der Waals surface area contributed by atoms with Crippen LogP contribution in [0.2, 0.25) is 5.02 Å². The number of ether oxygens (including phenoxy) is 1. The Labute approximate surface area is 94.1 Å². The lowest BCUT2D eigenvalue weighted by Gasteiger charge is -2.07. The van der Waals surface area contributed by atoms with E-state index in [1.54, 1.807) is 0 Å². The van der Waals surface area contributed by atoms with Crippen molar-refractivity contribution < 1.29 is 13.9 Å². The van der Waals surface area contributed by atoms with Gasteiger partial charge in [0.2, 0.25) is 0 Å². The van der Waals surface area contributed by atoms with E-state index in [2.05, 4.69) is 20.7 Å². The standard InChI is InChI=1S/C9H7BrClFO2/c1-14-9(13)5-2-3-7(12)8(11)6(5)4-10/h2-3H,4H2,1H3. The predicted octanol–water partition coefficient (Wildman–Crippen LogP) is 3.16. The molecule has 0 amide bonds. The summed E-state index contributed by atoms with van der Waals surface area (Å²) in [5.41, 5.74) is 0.675. The highest BCUT2D eigenvalue weighted by atomic mass is 79.9. The summed E-state index contributed by atoms with van der Waals surface area (Å²) in [6.45, 7) is 0. The fourth-order valence-corrected chi connectivity index (χ4v) is 2.00. The zero-order valence-corrected chi connectivity index (χ0v) is 9.65. The van der Waals surface area contributed by atoms with E-state index in [1.807, 2.05) is 0 Å². The molecule has 0 N–H and O–H groups in total. The summed E-state index contributed by atoms with van der Waals surface area (Å²) < 4.78 is 17.5. The first kappa shape index (κ1) is 11.5. The zero-order chi connectivity index (χ0) is 10.7. The van der Waals surface area contributed by atoms with E-state index in [-0.39, 0.29) is 10.6 Å². The first-order valence-corrected chi connectivity index (χ1v) is 5.23. The van der Waals surface area contributed by atoms with E-state index in [4.69, 9.17) is 11.6 Å². The summed E-state index contributed by atoms with van der Waals surface area (Å²) in [4.78, 5) is 11.2. The van der Waals surface area contributed by atoms with Crippen LogP contribution in [0, 0.1) is 5.82 Å². The summed E-state index contributed by atoms with van der Waals surface area (Å²) in [6, 6.07) is 2.49. The summed E-state index contributed by atoms with van der Waals surface area (Å²) in [6.07, 6.45) is 0. The molecule has 1 rings (SSSR count). The molecule has 0 spiro atoms. The monoisotopic (exact) mass is 280 g/mol. The molecule has 0 aliphatic rings. The van der Waals surface area contributed by atoms with Crippen LogP contribution in [-0.4, -0.2) is 13.1 Å². The summed E-state index contributed by atoms with van der Waals surface area (Å²) in [7, 11) is 1.26. The van der Waals surface area contributed by atoms with Gasteiger partial charge in [-0.3, -0.25) is 0 Å². The van der Waals surface area contributed by atoms with Gasteiger partial charge in [0.15, 0.2) is 0 Å². The van der Waals surface area contributed by atoms with Crippen LogP contribution in [0.25, 0.3) is 0 Å². The van der Waals surface area contributed by atoms with Crippen molar-refractivity contribution in [2.24, 2.45) is 0 Å². The Morgan fingerprint density at radius 3 is 2.79 bits per heavy atom. The minimum Gasteiger partial charge on any atom is -0.465 e. The Balaban J connectivity index is 3.31. The van der Waals surface area contributed by atoms with Gasteiger partial charge in [-0.25, -0.2) is 9.18 Å². The highest BCUT2D eigenvalue weighted by Crippen LogP contribution is 2.26. The van der Waals surface area contributed by atoms with Crippen molar-refractivity contribution in [1.82, 2.24) is 0 Å². The number of rotatable bonds is 2. The van der Waals surface area contributed by atoms with Crippen LogP contribution in [0.4, 0.5) is 4.39 Å². The van der Waals surface area contributed by atoms with E-state index in [9.17, 15) is 9.18 Å². The maximum Gasteiger partial charge on any atom is 0.338 e. The maximum atomic E-state index is 13.0. The fourth-order valence-electron chi connectivity index (χ4n) is 1.02. The molecule has 0 atom stereocenters. The summed E-state index contributed by atoms with van der Waals surface area (Å²) >= 11 is 8.82. The normalized spacial score (nSPS) is 10.0. The van der Waals surface area contributed by atoms with Gasteiger partial charge in [-0.1, -0.05) is 27.5 Å². The number of methoxy groups -OCH3 is 1. The second-order valence-corrected chi connectivity index (χ2v) is 3.45. The molecule has 0 radical (unpaired) electrons. The molecule has 0 unspecified atom stereocenters. The van der Waals surface area contributed by atoms with E-state index in [0.29, 0.717) is 10.9 Å². The van der Waals surface area contributed by atoms with Crippen molar-refractivity contribution in [2.75, 3.05) is 7.11 Å². The highest BCUT2D eigenvalue weighted by Gasteiger charge is 2.16. The van der Waals surface area contributed by atoms with Crippen LogP contribution in [0.5, 0.6) is 0 Å². The Morgan fingerprint density at radius 2 is 2.29 bits per heavy atom. The van der Waals surface area contributed by atoms with Gasteiger partial charge in [0.25, 0.3) is 0 Å². The predicted molar refractivity (Wildman–Crippen MR) is 55.4 cm³/mol. The number of halogens is 3. The Hall–Kier alpha value is -0.610. The molecule has 0 aliphatic carbocycles. The molecular formula is C9H7BrClFO2. The maximum absolute atomic E-state index is 13.0. The minimum atomic E-state index is -0.547. The van der Waals surface area contributed by atoms with Gasteiger partial charge >= 0.3 is 5.97 Å². The lowest BCUT2D eigenvalue weighted by Crippen LogP contribution is -2.06. The number of benzene rings is 1. The second kappa shape index (κ2) is 4.75. The lowest BCUT2D eigenvalue weighted by atomic mass is 10.1. The minimum absolute atomic E-state index is 0.0511. The molecule has 1 aromatic carbocycles. The third-order valence-electron chi connectivity index (χ3n) is 1.74. The number of carbonyl (C=O) groups is 1. The number of hydrogen-bond donors (Lipinski definition) is 0. The van der Waals surface area contributed by atoms with Crippen molar-refractivity contribution in [3.05, 3.63) is 34.1 Å². The molecular weight excluding hydrogens is 274 g/mol. The largest absolute Gasteiger partial charge is 0.465 e. The highest BCUT2D eigenvalue weighted by molar-refractivity contribution is 9.08. The van der Waals surface area contributed by atoms with Crippen molar-refractivity contribution in [3.63, 3.8) is 0 Å². The van der Waals surface area contributed by atoms with Crippen LogP contribution in [0.3, 0.4) is 0 Å². The molecule has 14 heavy (non-hydrogen) atoms. The molecule has 2 nitrogen and oxygen atoms in total. The molecule has 76 valence electrons. The van der Waals surface area contributed by atoms with Gasteiger partial charge in [-0.2, -0.15) is 0 Å². The number of esters is 1. The first-order valence-electron chi connectivity index (χ1n) is 3.73. The lowest BCUT2D eigenvalue weighted by molar-refractivity contribution is 0.0600. The first-order chi connectivity index (χ1) is 6.61. The Morgan fingerprint density at radius 1 is 1.64 bits per heavy atom. The molecule has 5 heteroatoms. The van der Waals surface area contributed by atoms with E-state index in [0.717, 1.165) is 6.07 Å². The van der Waals surface area contributed by atoms with Crippen LogP contribution in [0.1, 0.15) is 15.9 Å². The van der Waals surface area contributed by atoms with E-state index < -0.39 is 11.8 Å². The molecule has 0 heterocycles. The zero-order valence-electron chi connectivity index (χ0n) is 7.31. The van der Waals surface area contributed by atoms with Crippen LogP contribution in [-0.2, 0) is 10.1 Å². The van der Waals surface area contributed by atoms with Gasteiger partial charge < -0.3 is 4.74 Å². The second-order valence-electron chi connectivity index (χ2n) is 2.51.